The van der Waals surface area contributed by atoms with E-state index in [4.69, 9.17) is 9.16 Å². The first kappa shape index (κ1) is 28.4. The van der Waals surface area contributed by atoms with E-state index in [0.29, 0.717) is 6.42 Å². The maximum absolute atomic E-state index is 12.9. The number of fused-ring (bicyclic) bond motifs is 3. The zero-order chi connectivity index (χ0) is 26.3. The highest BCUT2D eigenvalue weighted by Gasteiger charge is 2.38. The van der Waals surface area contributed by atoms with Gasteiger partial charge in [-0.15, -0.1) is 0 Å². The molecule has 0 unspecified atom stereocenters. The van der Waals surface area contributed by atoms with Crippen LogP contribution in [0.5, 0.6) is 0 Å². The Balaban J connectivity index is 1.65. The third-order valence-electron chi connectivity index (χ3n) is 7.89. The van der Waals surface area contributed by atoms with Crippen molar-refractivity contribution in [2.75, 3.05) is 13.2 Å². The molecule has 0 radical (unpaired) electrons. The summed E-state index contributed by atoms with van der Waals surface area (Å²) in [4.78, 5) is 12.9. The summed E-state index contributed by atoms with van der Waals surface area (Å²) >= 11 is 0. The molecule has 0 bridgehead atoms. The van der Waals surface area contributed by atoms with E-state index in [2.05, 4.69) is 70.4 Å². The zero-order valence-electron chi connectivity index (χ0n) is 23.0. The Morgan fingerprint density at radius 1 is 1.00 bits per heavy atom. The molecule has 36 heavy (non-hydrogen) atoms. The van der Waals surface area contributed by atoms with Crippen LogP contribution in [-0.4, -0.2) is 44.9 Å². The Labute approximate surface area is 218 Å². The Hall–Kier alpha value is -2.15. The summed E-state index contributed by atoms with van der Waals surface area (Å²) in [5.41, 5.74) is 4.76. The number of unbranched alkanes of at least 4 members (excludes halogenated alkanes) is 3. The van der Waals surface area contributed by atoms with Crippen LogP contribution < -0.4 is 5.32 Å². The molecule has 0 fully saturated rings. The summed E-state index contributed by atoms with van der Waals surface area (Å²) in [5.74, 6) is 0.00375. The average molecular weight is 512 g/mol. The van der Waals surface area contributed by atoms with Crippen molar-refractivity contribution in [3.63, 3.8) is 0 Å². The first-order valence-corrected chi connectivity index (χ1v) is 16.4. The molecule has 0 spiro atoms. The van der Waals surface area contributed by atoms with Gasteiger partial charge in [0.2, 0.25) is 0 Å². The van der Waals surface area contributed by atoms with E-state index in [0.717, 1.165) is 25.7 Å². The highest BCUT2D eigenvalue weighted by Crippen LogP contribution is 2.44. The molecule has 5 nitrogen and oxygen atoms in total. The lowest BCUT2D eigenvalue weighted by molar-refractivity contribution is 0.0732. The van der Waals surface area contributed by atoms with E-state index in [1.807, 2.05) is 24.3 Å². The average Bonchev–Trinajstić information content (AvgIpc) is 3.16. The Kier molecular flexibility index (Phi) is 9.78. The molecular weight excluding hydrogens is 466 g/mol. The Bertz CT molecular complexity index is 955. The van der Waals surface area contributed by atoms with Crippen molar-refractivity contribution in [1.29, 1.82) is 0 Å². The molecule has 6 heteroatoms. The maximum atomic E-state index is 12.9. The fourth-order valence-electron chi connectivity index (χ4n) is 4.54. The van der Waals surface area contributed by atoms with Crippen molar-refractivity contribution in [2.45, 2.75) is 96.0 Å². The molecule has 1 aliphatic carbocycles. The van der Waals surface area contributed by atoms with Gasteiger partial charge in [0, 0.05) is 5.92 Å². The summed E-state index contributed by atoms with van der Waals surface area (Å²) in [6.45, 7) is 13.6. The third-order valence-corrected chi connectivity index (χ3v) is 12.4. The second-order valence-electron chi connectivity index (χ2n) is 11.6. The molecule has 0 aliphatic heterocycles. The standard InChI is InChI=1S/C30H45NO4Si/c1-7-8-9-10-19-28(32)27(21-35-36(5,6)30(2,3)4)31-29(33)34-20-26-24-17-13-11-15-22(24)23-16-12-14-18-25(23)26/h11-18,26-28,32H,7-10,19-21H2,1-6H3,(H,31,33)/t27-,28-/m1/s1. The topological polar surface area (TPSA) is 67.8 Å². The number of alkyl carbamates (subject to hydrolysis) is 1. The molecule has 0 heterocycles. The van der Waals surface area contributed by atoms with E-state index in [-0.39, 0.29) is 24.2 Å². The van der Waals surface area contributed by atoms with Gasteiger partial charge in [0.05, 0.1) is 18.8 Å². The van der Waals surface area contributed by atoms with E-state index in [1.54, 1.807) is 0 Å². The minimum atomic E-state index is -2.03. The Morgan fingerprint density at radius 2 is 1.58 bits per heavy atom. The summed E-state index contributed by atoms with van der Waals surface area (Å²) in [5, 5.41) is 14.0. The number of aliphatic hydroxyl groups excluding tert-OH is 1. The predicted molar refractivity (Wildman–Crippen MR) is 150 cm³/mol. The largest absolute Gasteiger partial charge is 0.449 e. The lowest BCUT2D eigenvalue weighted by atomic mass is 9.98. The first-order valence-electron chi connectivity index (χ1n) is 13.5. The van der Waals surface area contributed by atoms with Crippen LogP contribution in [0, 0.1) is 0 Å². The fraction of sp³-hybridized carbons (Fsp3) is 0.567. The molecule has 1 aliphatic rings. The first-order chi connectivity index (χ1) is 17.0. The molecule has 2 N–H and O–H groups in total. The lowest BCUT2D eigenvalue weighted by Gasteiger charge is -2.38. The van der Waals surface area contributed by atoms with Crippen LogP contribution in [-0.2, 0) is 9.16 Å². The molecule has 0 aromatic heterocycles. The van der Waals surface area contributed by atoms with Crippen LogP contribution in [0.3, 0.4) is 0 Å². The van der Waals surface area contributed by atoms with Gasteiger partial charge in [-0.3, -0.25) is 0 Å². The Morgan fingerprint density at radius 3 is 2.14 bits per heavy atom. The van der Waals surface area contributed by atoms with Gasteiger partial charge in [-0.05, 0) is 46.8 Å². The fourth-order valence-corrected chi connectivity index (χ4v) is 5.57. The van der Waals surface area contributed by atoms with Crippen molar-refractivity contribution in [1.82, 2.24) is 5.32 Å². The molecule has 2 aromatic carbocycles. The molecule has 2 atom stereocenters. The predicted octanol–water partition coefficient (Wildman–Crippen LogP) is 7.25. The highest BCUT2D eigenvalue weighted by molar-refractivity contribution is 6.74. The van der Waals surface area contributed by atoms with E-state index < -0.39 is 26.6 Å². The van der Waals surface area contributed by atoms with Crippen LogP contribution in [0.25, 0.3) is 11.1 Å². The number of carbonyl (C=O) groups excluding carboxylic acids is 1. The molecular formula is C30H45NO4Si. The van der Waals surface area contributed by atoms with Crippen molar-refractivity contribution in [3.05, 3.63) is 59.7 Å². The maximum Gasteiger partial charge on any atom is 0.407 e. The number of amides is 1. The highest BCUT2D eigenvalue weighted by atomic mass is 28.4. The van der Waals surface area contributed by atoms with Gasteiger partial charge in [0.25, 0.3) is 0 Å². The molecule has 0 saturated heterocycles. The number of ether oxygens (including phenoxy) is 1. The van der Waals surface area contributed by atoms with Crippen molar-refractivity contribution in [3.8, 4) is 11.1 Å². The van der Waals surface area contributed by atoms with Crippen LogP contribution in [0.1, 0.15) is 76.8 Å². The molecule has 3 rings (SSSR count). The quantitative estimate of drug-likeness (QED) is 0.233. The normalized spacial score (nSPS) is 15.2. The molecule has 1 amide bonds. The van der Waals surface area contributed by atoms with E-state index >= 15 is 0 Å². The van der Waals surface area contributed by atoms with E-state index in [9.17, 15) is 9.90 Å². The van der Waals surface area contributed by atoms with Gasteiger partial charge in [-0.1, -0.05) is 102 Å². The van der Waals surface area contributed by atoms with Gasteiger partial charge >= 0.3 is 6.09 Å². The summed E-state index contributed by atoms with van der Waals surface area (Å²) in [6, 6.07) is 16.1. The third kappa shape index (κ3) is 6.99. The summed E-state index contributed by atoms with van der Waals surface area (Å²) < 4.78 is 12.1. The number of hydrogen-bond acceptors (Lipinski definition) is 4. The van der Waals surface area contributed by atoms with Crippen molar-refractivity contribution in [2.24, 2.45) is 0 Å². The summed E-state index contributed by atoms with van der Waals surface area (Å²) in [7, 11) is -2.03. The van der Waals surface area contributed by atoms with Crippen molar-refractivity contribution < 1.29 is 19.1 Å². The van der Waals surface area contributed by atoms with Crippen LogP contribution in [0.2, 0.25) is 18.1 Å². The number of hydrogen-bond donors (Lipinski definition) is 2. The molecule has 0 saturated carbocycles. The minimum Gasteiger partial charge on any atom is -0.449 e. The second-order valence-corrected chi connectivity index (χ2v) is 16.4. The number of carbonyl (C=O) groups is 1. The molecule has 2 aromatic rings. The SMILES string of the molecule is CCCCCC[C@@H](O)[C@@H](CO[Si](C)(C)C(C)(C)C)NC(=O)OCC1c2ccccc2-c2ccccc21. The monoisotopic (exact) mass is 511 g/mol. The van der Waals surface area contributed by atoms with Gasteiger partial charge in [0.15, 0.2) is 8.32 Å². The van der Waals surface area contributed by atoms with Crippen LogP contribution >= 0.6 is 0 Å². The van der Waals surface area contributed by atoms with Crippen LogP contribution in [0.4, 0.5) is 4.79 Å². The summed E-state index contributed by atoms with van der Waals surface area (Å²) in [6.07, 6.45) is 3.76. The number of benzene rings is 2. The number of nitrogens with one attached hydrogen (secondary N) is 1. The van der Waals surface area contributed by atoms with Gasteiger partial charge in [-0.25, -0.2) is 4.79 Å². The van der Waals surface area contributed by atoms with Gasteiger partial charge in [-0.2, -0.15) is 0 Å². The smallest absolute Gasteiger partial charge is 0.407 e. The molecule has 198 valence electrons. The number of aliphatic hydroxyl groups is 1. The number of rotatable bonds is 12. The lowest BCUT2D eigenvalue weighted by Crippen LogP contribution is -2.51. The van der Waals surface area contributed by atoms with Crippen molar-refractivity contribution >= 4 is 14.4 Å². The zero-order valence-corrected chi connectivity index (χ0v) is 24.0. The van der Waals surface area contributed by atoms with E-state index in [1.165, 1.54) is 22.3 Å². The van der Waals surface area contributed by atoms with Crippen LogP contribution in [0.15, 0.2) is 48.5 Å². The van der Waals surface area contributed by atoms with Gasteiger partial charge in [0.1, 0.15) is 6.61 Å². The minimum absolute atomic E-state index is 0.00375. The van der Waals surface area contributed by atoms with Gasteiger partial charge < -0.3 is 19.6 Å². The second kappa shape index (κ2) is 12.4.